The lowest BCUT2D eigenvalue weighted by Crippen LogP contribution is -2.23. The highest BCUT2D eigenvalue weighted by atomic mass is 35.5. The number of nitrogens with zero attached hydrogens (tertiary/aromatic N) is 4. The van der Waals surface area contributed by atoms with Gasteiger partial charge >= 0.3 is 12.1 Å². The maximum atomic E-state index is 13.3. The van der Waals surface area contributed by atoms with E-state index in [1.165, 1.54) is 24.8 Å². The lowest BCUT2D eigenvalue weighted by molar-refractivity contribution is -0.147. The predicted molar refractivity (Wildman–Crippen MR) is 120 cm³/mol. The Morgan fingerprint density at radius 3 is 2.53 bits per heavy atom. The molecule has 1 unspecified atom stereocenters. The van der Waals surface area contributed by atoms with Gasteiger partial charge in [0.2, 0.25) is 5.95 Å². The van der Waals surface area contributed by atoms with Gasteiger partial charge in [-0.25, -0.2) is 9.67 Å². The van der Waals surface area contributed by atoms with Gasteiger partial charge in [-0.05, 0) is 37.6 Å². The van der Waals surface area contributed by atoms with Crippen molar-refractivity contribution in [3.8, 4) is 17.1 Å². The number of aryl methyl sites for hydroxylation is 1. The van der Waals surface area contributed by atoms with Crippen molar-refractivity contribution in [1.82, 2.24) is 19.7 Å². The molecule has 0 saturated carbocycles. The topological polar surface area (TPSA) is 91.2 Å². The van der Waals surface area contributed by atoms with Gasteiger partial charge in [0.15, 0.2) is 5.82 Å². The van der Waals surface area contributed by atoms with Crippen LogP contribution in [0.2, 0.25) is 5.15 Å². The first-order valence-corrected chi connectivity index (χ1v) is 10.7. The Labute approximate surface area is 199 Å². The number of esters is 1. The van der Waals surface area contributed by atoms with E-state index in [1.807, 2.05) is 6.92 Å². The van der Waals surface area contributed by atoms with Crippen LogP contribution in [0.15, 0.2) is 30.3 Å². The summed E-state index contributed by atoms with van der Waals surface area (Å²) in [4.78, 5) is 20.1. The Morgan fingerprint density at radius 2 is 1.94 bits per heavy atom. The molecule has 0 fully saturated rings. The number of hydrogen-bond acceptors (Lipinski definition) is 7. The van der Waals surface area contributed by atoms with E-state index in [0.29, 0.717) is 23.5 Å². The summed E-state index contributed by atoms with van der Waals surface area (Å²) in [7, 11) is 1.28. The highest BCUT2D eigenvalue weighted by Gasteiger charge is 2.31. The molecule has 12 heteroatoms. The highest BCUT2D eigenvalue weighted by Crippen LogP contribution is 2.35. The number of rotatable bonds is 8. The monoisotopic (exact) mass is 497 g/mol. The van der Waals surface area contributed by atoms with Crippen LogP contribution in [0.4, 0.5) is 24.8 Å². The summed E-state index contributed by atoms with van der Waals surface area (Å²) in [6.45, 7) is 5.10. The second-order valence-corrected chi connectivity index (χ2v) is 7.86. The molecule has 3 rings (SSSR count). The molecule has 0 spiro atoms. The van der Waals surface area contributed by atoms with Crippen LogP contribution in [0.3, 0.4) is 0 Å². The van der Waals surface area contributed by atoms with Gasteiger partial charge in [-0.15, -0.1) is 5.10 Å². The van der Waals surface area contributed by atoms with Crippen molar-refractivity contribution in [2.24, 2.45) is 0 Å². The molecule has 182 valence electrons. The minimum Gasteiger partial charge on any atom is -0.497 e. The first-order valence-electron chi connectivity index (χ1n) is 10.3. The number of carbonyl (C=O) groups excluding carboxylic acids is 1. The van der Waals surface area contributed by atoms with Crippen LogP contribution in [0.5, 0.6) is 5.75 Å². The number of carbonyl (C=O) groups is 1. The van der Waals surface area contributed by atoms with Crippen LogP contribution in [0.1, 0.15) is 31.5 Å². The largest absolute Gasteiger partial charge is 0.497 e. The van der Waals surface area contributed by atoms with Crippen molar-refractivity contribution in [3.05, 3.63) is 46.7 Å². The summed E-state index contributed by atoms with van der Waals surface area (Å²) in [5.41, 5.74) is 0.441. The Morgan fingerprint density at radius 1 is 1.21 bits per heavy atom. The van der Waals surface area contributed by atoms with Crippen LogP contribution in [0, 0.1) is 6.92 Å². The fourth-order valence-electron chi connectivity index (χ4n) is 3.25. The van der Waals surface area contributed by atoms with E-state index in [-0.39, 0.29) is 29.1 Å². The number of halogens is 4. The number of hydrogen-bond donors (Lipinski definition) is 1. The SMILES string of the molecule is CCC(Cn1nc(Nc2cc(OC)cc(C(F)(F)F)c2)nc1-c1cc(C)nc(Cl)c1)OC(C)=O. The fraction of sp³-hybridized carbons (Fsp3) is 0.364. The third-order valence-electron chi connectivity index (χ3n) is 4.74. The lowest BCUT2D eigenvalue weighted by Gasteiger charge is -2.16. The van der Waals surface area contributed by atoms with Crippen LogP contribution in [-0.4, -0.2) is 38.9 Å². The van der Waals surface area contributed by atoms with Crippen molar-refractivity contribution < 1.29 is 27.4 Å². The van der Waals surface area contributed by atoms with Gasteiger partial charge in [0, 0.05) is 29.9 Å². The van der Waals surface area contributed by atoms with E-state index < -0.39 is 23.8 Å². The first-order chi connectivity index (χ1) is 16.0. The van der Waals surface area contributed by atoms with Crippen LogP contribution in [-0.2, 0) is 22.3 Å². The molecule has 2 heterocycles. The maximum absolute atomic E-state index is 13.3. The average molecular weight is 498 g/mol. The first kappa shape index (κ1) is 25.3. The number of benzene rings is 1. The molecule has 3 aromatic rings. The summed E-state index contributed by atoms with van der Waals surface area (Å²) >= 11 is 6.11. The summed E-state index contributed by atoms with van der Waals surface area (Å²) in [6, 6.07) is 6.57. The molecular formula is C22H23ClF3N5O3. The third kappa shape index (κ3) is 6.37. The Hall–Kier alpha value is -3.34. The molecule has 8 nitrogen and oxygen atoms in total. The number of anilines is 2. The van der Waals surface area contributed by atoms with Gasteiger partial charge in [0.05, 0.1) is 19.2 Å². The molecule has 0 radical (unpaired) electrons. The van der Waals surface area contributed by atoms with Gasteiger partial charge in [-0.2, -0.15) is 18.2 Å². The minimum absolute atomic E-state index is 0.0226. The minimum atomic E-state index is -4.56. The second-order valence-electron chi connectivity index (χ2n) is 7.47. The van der Waals surface area contributed by atoms with E-state index >= 15 is 0 Å². The van der Waals surface area contributed by atoms with Gasteiger partial charge in [0.25, 0.3) is 0 Å². The molecule has 2 aromatic heterocycles. The number of pyridine rings is 1. The van der Waals surface area contributed by atoms with Crippen molar-refractivity contribution in [2.45, 2.75) is 46.0 Å². The number of alkyl halides is 3. The second kappa shape index (κ2) is 10.3. The smallest absolute Gasteiger partial charge is 0.416 e. The third-order valence-corrected chi connectivity index (χ3v) is 4.94. The summed E-state index contributed by atoms with van der Waals surface area (Å²) < 4.78 is 51.7. The van der Waals surface area contributed by atoms with Crippen molar-refractivity contribution >= 4 is 29.2 Å². The Bertz CT molecular complexity index is 1160. The lowest BCUT2D eigenvalue weighted by atomic mass is 10.2. The van der Waals surface area contributed by atoms with Crippen molar-refractivity contribution in [1.29, 1.82) is 0 Å². The quantitative estimate of drug-likeness (QED) is 0.328. The molecule has 0 bridgehead atoms. The van der Waals surface area contributed by atoms with Gasteiger partial charge < -0.3 is 14.8 Å². The normalized spacial score (nSPS) is 12.4. The van der Waals surface area contributed by atoms with E-state index in [2.05, 4.69) is 20.4 Å². The Balaban J connectivity index is 2.04. The zero-order chi connectivity index (χ0) is 25.0. The van der Waals surface area contributed by atoms with Crippen LogP contribution < -0.4 is 10.1 Å². The average Bonchev–Trinajstić information content (AvgIpc) is 3.13. The molecule has 1 aromatic carbocycles. The van der Waals surface area contributed by atoms with Crippen molar-refractivity contribution in [3.63, 3.8) is 0 Å². The zero-order valence-electron chi connectivity index (χ0n) is 18.9. The molecule has 0 aliphatic carbocycles. The fourth-order valence-corrected chi connectivity index (χ4v) is 3.50. The summed E-state index contributed by atoms with van der Waals surface area (Å²) in [5.74, 6) is -0.000706. The number of nitrogens with one attached hydrogen (secondary N) is 1. The van der Waals surface area contributed by atoms with Gasteiger partial charge in [-0.3, -0.25) is 4.79 Å². The summed E-state index contributed by atoms with van der Waals surface area (Å²) in [6.07, 6.45) is -4.53. The molecule has 1 atom stereocenters. The Kier molecular flexibility index (Phi) is 7.65. The van der Waals surface area contributed by atoms with Crippen molar-refractivity contribution in [2.75, 3.05) is 12.4 Å². The number of methoxy groups -OCH3 is 1. The van der Waals surface area contributed by atoms with Crippen LogP contribution in [0.25, 0.3) is 11.4 Å². The number of aromatic nitrogens is 4. The van der Waals surface area contributed by atoms with E-state index in [1.54, 1.807) is 19.1 Å². The molecular weight excluding hydrogens is 475 g/mol. The van der Waals surface area contributed by atoms with Crippen LogP contribution >= 0.6 is 11.6 Å². The standard InChI is InChI=1S/C22H23ClF3N5O3/c1-5-17(34-13(3)32)11-31-20(14-6-12(2)27-19(23)7-14)29-21(30-31)28-16-8-15(22(24,25)26)9-18(10-16)33-4/h6-10,17H,5,11H2,1-4H3,(H,28,30). The van der Waals surface area contributed by atoms with E-state index in [0.717, 1.165) is 12.1 Å². The van der Waals surface area contributed by atoms with E-state index in [9.17, 15) is 18.0 Å². The highest BCUT2D eigenvalue weighted by molar-refractivity contribution is 6.29. The number of ether oxygens (including phenoxy) is 2. The molecule has 0 amide bonds. The predicted octanol–water partition coefficient (Wildman–Crippen LogP) is 5.41. The molecule has 0 aliphatic rings. The van der Waals surface area contributed by atoms with Gasteiger partial charge in [0.1, 0.15) is 17.0 Å². The molecule has 1 N–H and O–H groups in total. The molecule has 0 saturated heterocycles. The zero-order valence-corrected chi connectivity index (χ0v) is 19.7. The maximum Gasteiger partial charge on any atom is 0.416 e. The molecule has 34 heavy (non-hydrogen) atoms. The van der Waals surface area contributed by atoms with E-state index in [4.69, 9.17) is 21.1 Å². The van der Waals surface area contributed by atoms with Gasteiger partial charge in [-0.1, -0.05) is 18.5 Å². The molecule has 0 aliphatic heterocycles. The summed E-state index contributed by atoms with van der Waals surface area (Å²) in [5, 5.41) is 7.45.